The number of rotatable bonds is 5. The first-order valence-electron chi connectivity index (χ1n) is 7.01. The standard InChI is InChI=1S/C15H19ClO4S.Na.H/c1-21(19,20)14-7-6-11(9-13(14)16)12(15(17)18)8-10-4-2-3-5-10;;/h6-7,9-10,12H,2-5,8H2,1H3,(H,17,18);;. The second-order valence-electron chi connectivity index (χ2n) is 5.74. The number of aliphatic carboxylic acids is 1. The fourth-order valence-electron chi connectivity index (χ4n) is 2.99. The van der Waals surface area contributed by atoms with Gasteiger partial charge in [-0.1, -0.05) is 43.4 Å². The Morgan fingerprint density at radius 2 is 1.95 bits per heavy atom. The van der Waals surface area contributed by atoms with Crippen molar-refractivity contribution >= 4 is 57.0 Å². The molecule has 1 aliphatic rings. The Bertz CT molecular complexity index is 639. The van der Waals surface area contributed by atoms with Crippen molar-refractivity contribution in [1.82, 2.24) is 0 Å². The van der Waals surface area contributed by atoms with Gasteiger partial charge in [-0.15, -0.1) is 0 Å². The molecule has 22 heavy (non-hydrogen) atoms. The van der Waals surface area contributed by atoms with Crippen LogP contribution < -0.4 is 0 Å². The van der Waals surface area contributed by atoms with Crippen molar-refractivity contribution in [2.45, 2.75) is 42.9 Å². The molecule has 1 N–H and O–H groups in total. The molecule has 2 rings (SSSR count). The number of benzene rings is 1. The molecule has 0 spiro atoms. The Kier molecular flexibility index (Phi) is 7.40. The maximum atomic E-state index is 11.5. The van der Waals surface area contributed by atoms with E-state index in [1.165, 1.54) is 12.1 Å². The molecule has 4 nitrogen and oxygen atoms in total. The molecule has 0 saturated heterocycles. The van der Waals surface area contributed by atoms with Gasteiger partial charge in [0.05, 0.1) is 15.8 Å². The van der Waals surface area contributed by atoms with Crippen LogP contribution in [0.1, 0.15) is 43.6 Å². The molecule has 7 heteroatoms. The van der Waals surface area contributed by atoms with Crippen LogP contribution in [0.25, 0.3) is 0 Å². The summed E-state index contributed by atoms with van der Waals surface area (Å²) >= 11 is 6.01. The van der Waals surface area contributed by atoms with Crippen LogP contribution in [0, 0.1) is 5.92 Å². The van der Waals surface area contributed by atoms with E-state index >= 15 is 0 Å². The van der Waals surface area contributed by atoms with Gasteiger partial charge in [-0.05, 0) is 30.0 Å². The zero-order valence-electron chi connectivity index (χ0n) is 11.9. The fourth-order valence-corrected chi connectivity index (χ4v) is 4.33. The van der Waals surface area contributed by atoms with Crippen molar-refractivity contribution in [1.29, 1.82) is 0 Å². The van der Waals surface area contributed by atoms with Gasteiger partial charge >= 0.3 is 35.5 Å². The number of carboxylic acid groups (broad SMARTS) is 1. The van der Waals surface area contributed by atoms with Gasteiger partial charge in [0.15, 0.2) is 9.84 Å². The summed E-state index contributed by atoms with van der Waals surface area (Å²) in [6.07, 6.45) is 6.12. The molecule has 1 aliphatic carbocycles. The van der Waals surface area contributed by atoms with Crippen LogP contribution in [-0.4, -0.2) is 55.3 Å². The van der Waals surface area contributed by atoms with E-state index in [4.69, 9.17) is 11.6 Å². The number of carboxylic acids is 1. The average Bonchev–Trinajstić information content (AvgIpc) is 2.86. The van der Waals surface area contributed by atoms with Crippen LogP contribution in [0.5, 0.6) is 0 Å². The molecule has 1 aromatic rings. The fraction of sp³-hybridized carbons (Fsp3) is 0.533. The molecule has 1 saturated carbocycles. The summed E-state index contributed by atoms with van der Waals surface area (Å²) in [4.78, 5) is 11.6. The Morgan fingerprint density at radius 1 is 1.36 bits per heavy atom. The van der Waals surface area contributed by atoms with Gasteiger partial charge in [-0.2, -0.15) is 0 Å². The molecule has 0 aromatic heterocycles. The molecule has 1 aromatic carbocycles. The Morgan fingerprint density at radius 3 is 2.41 bits per heavy atom. The number of hydrogen-bond donors (Lipinski definition) is 1. The van der Waals surface area contributed by atoms with Crippen molar-refractivity contribution in [3.63, 3.8) is 0 Å². The third-order valence-electron chi connectivity index (χ3n) is 4.10. The van der Waals surface area contributed by atoms with Gasteiger partial charge in [0.1, 0.15) is 0 Å². The van der Waals surface area contributed by atoms with Crippen molar-refractivity contribution in [3.8, 4) is 0 Å². The third-order valence-corrected chi connectivity index (χ3v) is 5.68. The van der Waals surface area contributed by atoms with Gasteiger partial charge in [0.2, 0.25) is 0 Å². The van der Waals surface area contributed by atoms with E-state index in [-0.39, 0.29) is 39.5 Å². The topological polar surface area (TPSA) is 71.4 Å². The van der Waals surface area contributed by atoms with E-state index < -0.39 is 21.7 Å². The summed E-state index contributed by atoms with van der Waals surface area (Å²) in [5.41, 5.74) is 0.576. The summed E-state index contributed by atoms with van der Waals surface area (Å²) < 4.78 is 23.1. The number of halogens is 1. The van der Waals surface area contributed by atoms with E-state index in [9.17, 15) is 18.3 Å². The molecular weight excluding hydrogens is 335 g/mol. The van der Waals surface area contributed by atoms with Crippen LogP contribution in [0.4, 0.5) is 0 Å². The summed E-state index contributed by atoms with van der Waals surface area (Å²) in [6, 6.07) is 4.44. The van der Waals surface area contributed by atoms with E-state index in [2.05, 4.69) is 0 Å². The van der Waals surface area contributed by atoms with Crippen LogP contribution >= 0.6 is 11.6 Å². The molecule has 0 radical (unpaired) electrons. The van der Waals surface area contributed by atoms with Crippen LogP contribution in [0.15, 0.2) is 23.1 Å². The normalized spacial score (nSPS) is 17.0. The summed E-state index contributed by atoms with van der Waals surface area (Å²) in [6.45, 7) is 0. The van der Waals surface area contributed by atoms with Gasteiger partial charge in [-0.3, -0.25) is 4.79 Å². The minimum atomic E-state index is -3.40. The van der Waals surface area contributed by atoms with Crippen molar-refractivity contribution in [2.24, 2.45) is 5.92 Å². The summed E-state index contributed by atoms with van der Waals surface area (Å²) in [7, 11) is -3.40. The van der Waals surface area contributed by atoms with E-state index in [0.717, 1.165) is 31.9 Å². The molecule has 1 unspecified atom stereocenters. The zero-order valence-corrected chi connectivity index (χ0v) is 13.5. The van der Waals surface area contributed by atoms with Crippen molar-refractivity contribution in [2.75, 3.05) is 6.26 Å². The minimum absolute atomic E-state index is 0. The average molecular weight is 355 g/mol. The monoisotopic (exact) mass is 354 g/mol. The molecular formula is C15H20ClNaO4S. The first-order valence-corrected chi connectivity index (χ1v) is 9.28. The van der Waals surface area contributed by atoms with Crippen molar-refractivity contribution < 1.29 is 18.3 Å². The first-order chi connectivity index (χ1) is 9.79. The molecule has 1 fully saturated rings. The summed E-state index contributed by atoms with van der Waals surface area (Å²) in [5.74, 6) is -1.08. The molecule has 118 valence electrons. The molecule has 1 atom stereocenters. The van der Waals surface area contributed by atoms with Crippen LogP contribution in [-0.2, 0) is 14.6 Å². The molecule has 0 amide bonds. The van der Waals surface area contributed by atoms with E-state index in [0.29, 0.717) is 17.9 Å². The van der Waals surface area contributed by atoms with E-state index in [1.54, 1.807) is 6.07 Å². The second-order valence-corrected chi connectivity index (χ2v) is 8.13. The molecule has 0 bridgehead atoms. The third kappa shape index (κ3) is 4.96. The van der Waals surface area contributed by atoms with Gasteiger partial charge < -0.3 is 5.11 Å². The van der Waals surface area contributed by atoms with Crippen LogP contribution in [0.2, 0.25) is 5.02 Å². The Labute approximate surface area is 158 Å². The molecule has 0 aliphatic heterocycles. The first kappa shape index (κ1) is 20.0. The summed E-state index contributed by atoms with van der Waals surface area (Å²) in [5, 5.41) is 9.54. The van der Waals surface area contributed by atoms with Gasteiger partial charge in [0.25, 0.3) is 0 Å². The SMILES string of the molecule is CS(=O)(=O)c1ccc(C(CC2CCCC2)C(=O)O)cc1Cl.[NaH]. The Hall–Kier alpha value is -0.0700. The zero-order chi connectivity index (χ0) is 15.6. The van der Waals surface area contributed by atoms with Gasteiger partial charge in [-0.25, -0.2) is 8.42 Å². The predicted molar refractivity (Wildman–Crippen MR) is 88.7 cm³/mol. The van der Waals surface area contributed by atoms with E-state index in [1.807, 2.05) is 0 Å². The quantitative estimate of drug-likeness (QED) is 0.825. The molecule has 0 heterocycles. The van der Waals surface area contributed by atoms with Crippen LogP contribution in [0.3, 0.4) is 0 Å². The number of sulfone groups is 1. The second kappa shape index (κ2) is 8.15. The number of hydrogen-bond acceptors (Lipinski definition) is 3. The maximum absolute atomic E-state index is 11.5. The van der Waals surface area contributed by atoms with Gasteiger partial charge in [0, 0.05) is 6.26 Å². The predicted octanol–water partition coefficient (Wildman–Crippen LogP) is 2.84. The number of carbonyl (C=O) groups is 1. The Balaban J connectivity index is 0.00000242. The van der Waals surface area contributed by atoms with Crippen molar-refractivity contribution in [3.05, 3.63) is 28.8 Å².